The average molecular weight is 496 g/mol. The lowest BCUT2D eigenvalue weighted by atomic mass is 9.92. The molecule has 188 valence electrons. The van der Waals surface area contributed by atoms with Crippen molar-refractivity contribution in [1.82, 2.24) is 0 Å². The van der Waals surface area contributed by atoms with Gasteiger partial charge in [0, 0.05) is 17.5 Å². The highest BCUT2D eigenvalue weighted by molar-refractivity contribution is 7.60. The molecule has 0 nitrogen and oxygen atoms in total. The molecule has 0 N–H and O–H groups in total. The highest BCUT2D eigenvalue weighted by Gasteiger charge is 2.36. The highest BCUT2D eigenvalue weighted by atomic mass is 31.1. The van der Waals surface area contributed by atoms with Gasteiger partial charge in [-0.1, -0.05) is 110 Å². The predicted molar refractivity (Wildman–Crippen MR) is 163 cm³/mol. The van der Waals surface area contributed by atoms with Crippen LogP contribution in [0.2, 0.25) is 0 Å². The number of hydrogen-bond acceptors (Lipinski definition) is 0. The third kappa shape index (κ3) is 6.46. The zero-order valence-corrected chi connectivity index (χ0v) is 24.0. The Labute approximate surface area is 221 Å². The fourth-order valence-corrected chi connectivity index (χ4v) is 9.17. The van der Waals surface area contributed by atoms with E-state index >= 15 is 0 Å². The molecule has 2 unspecified atom stereocenters. The molecule has 0 radical (unpaired) electrons. The van der Waals surface area contributed by atoms with E-state index < -0.39 is 0 Å². The molecule has 1 heteroatoms. The molecule has 0 bridgehead atoms. The summed E-state index contributed by atoms with van der Waals surface area (Å²) in [5.74, 6) is 0. The molecule has 2 atom stereocenters. The smallest absolute Gasteiger partial charge is 0.0654 e. The molecule has 0 spiro atoms. The second kappa shape index (κ2) is 12.7. The summed E-state index contributed by atoms with van der Waals surface area (Å²) in [5, 5.41) is 1.62. The van der Waals surface area contributed by atoms with Crippen LogP contribution in [0.15, 0.2) is 72.8 Å². The monoisotopic (exact) mass is 495 g/mol. The Morgan fingerprint density at radius 1 is 0.722 bits per heavy atom. The maximum atomic E-state index is 2.59. The highest BCUT2D eigenvalue weighted by Crippen LogP contribution is 2.54. The van der Waals surface area contributed by atoms with Crippen LogP contribution in [0, 0.1) is 27.7 Å². The molecule has 36 heavy (non-hydrogen) atoms. The largest absolute Gasteiger partial charge is 0.151 e. The van der Waals surface area contributed by atoms with Gasteiger partial charge >= 0.3 is 0 Å². The summed E-state index contributed by atoms with van der Waals surface area (Å²) < 4.78 is 0. The van der Waals surface area contributed by atoms with E-state index in [9.17, 15) is 0 Å². The second-order valence-electron chi connectivity index (χ2n) is 10.8. The van der Waals surface area contributed by atoms with Gasteiger partial charge in [0.15, 0.2) is 5.29 Å². The van der Waals surface area contributed by atoms with E-state index in [1.165, 1.54) is 83.6 Å². The van der Waals surface area contributed by atoms with Gasteiger partial charge in [-0.05, 0) is 68.9 Å². The van der Waals surface area contributed by atoms with Crippen molar-refractivity contribution < 1.29 is 0 Å². The first-order chi connectivity index (χ1) is 17.5. The van der Waals surface area contributed by atoms with Crippen LogP contribution in [0.3, 0.4) is 0 Å². The van der Waals surface area contributed by atoms with Crippen LogP contribution in [-0.4, -0.2) is 11.5 Å². The summed E-state index contributed by atoms with van der Waals surface area (Å²) >= 11 is 0. The number of unbranched alkanes of at least 4 members (excludes halogenated alkanes) is 5. The Balaban J connectivity index is 1.83. The third-order valence-electron chi connectivity index (χ3n) is 7.75. The fourth-order valence-electron chi connectivity index (χ4n) is 5.80. The molecule has 0 fully saturated rings. The molecule has 0 aromatic heterocycles. The van der Waals surface area contributed by atoms with Crippen LogP contribution in [-0.2, 0) is 0 Å². The minimum absolute atomic E-state index is 0.304. The molecule has 1 heterocycles. The van der Waals surface area contributed by atoms with Crippen molar-refractivity contribution in [2.24, 2.45) is 0 Å². The van der Waals surface area contributed by atoms with Gasteiger partial charge in [-0.2, -0.15) is 0 Å². The fraction of sp³-hybridized carbons (Fsp3) is 0.400. The standard InChI is InChI=1S/C35H44P/c1-6-7-8-9-10-14-21-36-34(32-19-17-26(2)22-28(32)4)24-31(30-15-12-11-13-16-30)25-35(36)33-20-18-27(3)23-29(33)5/h11-13,15-20,22-24,35H,6-10,14,21,25H2,1-5H3/q+1. The second-order valence-corrected chi connectivity index (χ2v) is 13.3. The lowest BCUT2D eigenvalue weighted by Gasteiger charge is -2.24. The van der Waals surface area contributed by atoms with E-state index in [4.69, 9.17) is 0 Å². The molecule has 4 rings (SSSR count). The number of hydrogen-bond donors (Lipinski definition) is 0. The van der Waals surface area contributed by atoms with Crippen LogP contribution in [0.25, 0.3) is 5.57 Å². The molecule has 0 saturated heterocycles. The van der Waals surface area contributed by atoms with Gasteiger partial charge < -0.3 is 0 Å². The quantitative estimate of drug-likeness (QED) is 0.194. The summed E-state index contributed by atoms with van der Waals surface area (Å²) in [6.45, 7) is 11.4. The molecule has 3 aromatic rings. The minimum Gasteiger partial charge on any atom is -0.0654 e. The zero-order chi connectivity index (χ0) is 25.5. The van der Waals surface area contributed by atoms with Crippen LogP contribution in [0.4, 0.5) is 0 Å². The number of aryl methyl sites for hydroxylation is 4. The predicted octanol–water partition coefficient (Wildman–Crippen LogP) is 10.5. The van der Waals surface area contributed by atoms with Crippen LogP contribution >= 0.6 is 7.55 Å². The normalized spacial score (nSPS) is 16.8. The summed E-state index contributed by atoms with van der Waals surface area (Å²) in [7, 11) is -0.304. The molecular weight excluding hydrogens is 451 g/mol. The SMILES string of the molecule is CCCCCCCC[P+]1=C(c2ccc(C)cc2C)C=C(c2ccccc2)CC1c1ccc(C)cc1C. The zero-order valence-electron chi connectivity index (χ0n) is 23.1. The van der Waals surface area contributed by atoms with E-state index in [0.29, 0.717) is 5.66 Å². The first-order valence-electron chi connectivity index (χ1n) is 14.0. The Bertz CT molecular complexity index is 1230. The topological polar surface area (TPSA) is 0 Å². The first kappa shape index (κ1) is 26.6. The number of benzene rings is 3. The van der Waals surface area contributed by atoms with Gasteiger partial charge in [0.25, 0.3) is 0 Å². The molecular formula is C35H44P+. The maximum Gasteiger partial charge on any atom is 0.151 e. The van der Waals surface area contributed by atoms with Gasteiger partial charge in [-0.15, -0.1) is 0 Å². The van der Waals surface area contributed by atoms with Gasteiger partial charge in [0.05, 0.1) is 0 Å². The third-order valence-corrected chi connectivity index (χ3v) is 10.7. The van der Waals surface area contributed by atoms with Crippen molar-refractivity contribution in [2.45, 2.75) is 85.2 Å². The van der Waals surface area contributed by atoms with Crippen LogP contribution in [0.1, 0.15) is 96.5 Å². The number of allylic oxidation sites excluding steroid dienone is 2. The molecule has 0 saturated carbocycles. The summed E-state index contributed by atoms with van der Waals surface area (Å²) in [4.78, 5) is 0. The van der Waals surface area contributed by atoms with E-state index in [0.717, 1.165) is 6.42 Å². The minimum atomic E-state index is -0.304. The number of rotatable bonds is 10. The lowest BCUT2D eigenvalue weighted by Crippen LogP contribution is -2.13. The van der Waals surface area contributed by atoms with Gasteiger partial charge in [-0.25, -0.2) is 0 Å². The van der Waals surface area contributed by atoms with E-state index in [1.54, 1.807) is 10.9 Å². The van der Waals surface area contributed by atoms with Crippen LogP contribution in [0.5, 0.6) is 0 Å². The van der Waals surface area contributed by atoms with Gasteiger partial charge in [0.2, 0.25) is 0 Å². The van der Waals surface area contributed by atoms with E-state index in [-0.39, 0.29) is 7.55 Å². The van der Waals surface area contributed by atoms with Crippen LogP contribution < -0.4 is 0 Å². The van der Waals surface area contributed by atoms with Crippen molar-refractivity contribution in [2.75, 3.05) is 6.16 Å². The van der Waals surface area contributed by atoms with Crippen molar-refractivity contribution in [3.8, 4) is 0 Å². The molecule has 0 aliphatic carbocycles. The van der Waals surface area contributed by atoms with Crippen molar-refractivity contribution in [3.63, 3.8) is 0 Å². The molecule has 3 aromatic carbocycles. The van der Waals surface area contributed by atoms with Gasteiger partial charge in [0.1, 0.15) is 19.4 Å². The van der Waals surface area contributed by atoms with Crippen molar-refractivity contribution >= 4 is 18.4 Å². The summed E-state index contributed by atoms with van der Waals surface area (Å²) in [5.41, 5.74) is 12.1. The Kier molecular flexibility index (Phi) is 9.39. The molecule has 1 aliphatic rings. The summed E-state index contributed by atoms with van der Waals surface area (Å²) in [6, 6.07) is 25.4. The van der Waals surface area contributed by atoms with E-state index in [1.807, 2.05) is 0 Å². The van der Waals surface area contributed by atoms with Crippen molar-refractivity contribution in [1.29, 1.82) is 0 Å². The van der Waals surface area contributed by atoms with Crippen molar-refractivity contribution in [3.05, 3.63) is 112 Å². The lowest BCUT2D eigenvalue weighted by molar-refractivity contribution is 0.626. The van der Waals surface area contributed by atoms with Gasteiger partial charge in [-0.3, -0.25) is 0 Å². The Hall–Kier alpha value is -2.43. The van der Waals surface area contributed by atoms with E-state index in [2.05, 4.69) is 107 Å². The first-order valence-corrected chi connectivity index (χ1v) is 15.6. The molecule has 0 amide bonds. The Morgan fingerprint density at radius 2 is 1.39 bits per heavy atom. The average Bonchev–Trinajstić information content (AvgIpc) is 2.87. The Morgan fingerprint density at radius 3 is 2.08 bits per heavy atom. The molecule has 1 aliphatic heterocycles. The summed E-state index contributed by atoms with van der Waals surface area (Å²) in [6.07, 6.45) is 13.3. The maximum absolute atomic E-state index is 2.59.